The first-order valence-electron chi connectivity index (χ1n) is 16.9. The fraction of sp³-hybridized carbons (Fsp3) is 0.500. The fourth-order valence-corrected chi connectivity index (χ4v) is 8.99. The molecule has 4 bridgehead atoms. The van der Waals surface area contributed by atoms with Crippen LogP contribution in [0.1, 0.15) is 108 Å². The molecule has 1 saturated carbocycles. The number of Topliss-reactive ketones (excluding diaryl/α,β-unsaturated/α-hetero) is 1. The third-order valence-electron chi connectivity index (χ3n) is 11.3. The van der Waals surface area contributed by atoms with Gasteiger partial charge >= 0.3 is 0 Å². The zero-order valence-electron chi connectivity index (χ0n) is 29.0. The molecule has 4 aliphatic carbocycles. The molecule has 0 aromatic heterocycles. The van der Waals surface area contributed by atoms with Crippen molar-refractivity contribution in [3.8, 4) is 11.5 Å². The summed E-state index contributed by atoms with van der Waals surface area (Å²) >= 11 is 0. The molecule has 5 atom stereocenters. The third-order valence-corrected chi connectivity index (χ3v) is 11.3. The number of carbonyl (C=O) groups excluding carboxylic acids is 2. The lowest BCUT2D eigenvalue weighted by molar-refractivity contribution is -0.115. The summed E-state index contributed by atoms with van der Waals surface area (Å²) in [6, 6.07) is 0. The van der Waals surface area contributed by atoms with Crippen molar-refractivity contribution in [3.05, 3.63) is 86.8 Å². The van der Waals surface area contributed by atoms with E-state index in [0.717, 1.165) is 35.8 Å². The second-order valence-corrected chi connectivity index (χ2v) is 15.6. The van der Waals surface area contributed by atoms with Crippen molar-refractivity contribution in [2.24, 2.45) is 23.0 Å². The Morgan fingerprint density at radius 1 is 1.09 bits per heavy atom. The zero-order valence-corrected chi connectivity index (χ0v) is 29.0. The van der Waals surface area contributed by atoms with Crippen LogP contribution >= 0.6 is 0 Å². The van der Waals surface area contributed by atoms with E-state index in [1.54, 1.807) is 13.0 Å². The Bertz CT molecular complexity index is 1760. The molecule has 6 aliphatic rings. The van der Waals surface area contributed by atoms with Gasteiger partial charge in [0.2, 0.25) is 5.91 Å². The van der Waals surface area contributed by atoms with Crippen LogP contribution in [0.3, 0.4) is 0 Å². The summed E-state index contributed by atoms with van der Waals surface area (Å²) in [5.41, 5.74) is 8.78. The summed E-state index contributed by atoms with van der Waals surface area (Å²) in [5.74, 6) is -0.996. The van der Waals surface area contributed by atoms with Gasteiger partial charge in [0, 0.05) is 46.1 Å². The van der Waals surface area contributed by atoms with Gasteiger partial charge in [0.15, 0.2) is 11.4 Å². The quantitative estimate of drug-likeness (QED) is 0.151. The van der Waals surface area contributed by atoms with Crippen molar-refractivity contribution < 1.29 is 29.3 Å². The van der Waals surface area contributed by atoms with Gasteiger partial charge in [-0.25, -0.2) is 0 Å². The molecule has 7 nitrogen and oxygen atoms in total. The van der Waals surface area contributed by atoms with Gasteiger partial charge in [0.1, 0.15) is 22.7 Å². The Balaban J connectivity index is 1.61. The molecule has 1 aromatic rings. The zero-order chi connectivity index (χ0) is 34.3. The molecule has 1 amide bonds. The standard InChI is InChI=1S/C40H49NO6/c1-22(2)10-9-15-38(8)16-14-26-28(20-38)27(12-11-23(3)4)35-32(33(26)43)34(44)29-18-25-19-31-37(6,7)47-39(30(25)21-42,40(29,31)46-35)17-13-24(5)36(41)45/h10-11,13-14,16,18,21,25,31,42-43H,9,12,15,17,19-20H2,1-8H3,(H2,41,45)/b24-13-,30-21+. The van der Waals surface area contributed by atoms with Crippen molar-refractivity contribution in [1.29, 1.82) is 0 Å². The molecule has 7 heteroatoms. The van der Waals surface area contributed by atoms with Crippen LogP contribution in [-0.2, 0) is 22.4 Å². The highest BCUT2D eigenvalue weighted by Gasteiger charge is 2.79. The number of ketones is 1. The SMILES string of the molecule is CC(C)=CCCC1(C)C=Cc2c(O)c3c(c(CC=C(C)C)c2C1)OC12C(=CC4CC1C(C)(C)OC2(C/C=C(/C)C(N)=O)/C4=C/O)C3=O. The lowest BCUT2D eigenvalue weighted by Crippen LogP contribution is -2.69. The first kappa shape index (κ1) is 33.1. The minimum Gasteiger partial charge on any atom is -0.516 e. The van der Waals surface area contributed by atoms with E-state index in [0.29, 0.717) is 47.3 Å². The van der Waals surface area contributed by atoms with Crippen LogP contribution in [0.2, 0.25) is 0 Å². The van der Waals surface area contributed by atoms with E-state index in [4.69, 9.17) is 15.2 Å². The van der Waals surface area contributed by atoms with Gasteiger partial charge in [0.05, 0.1) is 11.9 Å². The van der Waals surface area contributed by atoms with Crippen LogP contribution in [-0.4, -0.2) is 38.7 Å². The average Bonchev–Trinajstić information content (AvgIpc) is 3.12. The largest absolute Gasteiger partial charge is 0.516 e. The Morgan fingerprint density at radius 3 is 2.43 bits per heavy atom. The van der Waals surface area contributed by atoms with E-state index >= 15 is 0 Å². The number of aromatic hydroxyl groups is 1. The van der Waals surface area contributed by atoms with Crippen LogP contribution in [0, 0.1) is 17.3 Å². The number of hydrogen-bond acceptors (Lipinski definition) is 6. The number of phenolic OH excluding ortho intramolecular Hbond substituents is 1. The Hall–Kier alpha value is -3.84. The maximum Gasteiger partial charge on any atom is 0.244 e. The fourth-order valence-electron chi connectivity index (χ4n) is 8.99. The van der Waals surface area contributed by atoms with E-state index < -0.39 is 22.7 Å². The summed E-state index contributed by atoms with van der Waals surface area (Å²) in [7, 11) is 0. The lowest BCUT2D eigenvalue weighted by atomic mass is 9.50. The van der Waals surface area contributed by atoms with Gasteiger partial charge in [-0.1, -0.05) is 54.5 Å². The predicted molar refractivity (Wildman–Crippen MR) is 184 cm³/mol. The molecule has 2 heterocycles. The lowest BCUT2D eigenvalue weighted by Gasteiger charge is -2.58. The summed E-state index contributed by atoms with van der Waals surface area (Å²) in [5, 5.41) is 22.7. The highest BCUT2D eigenvalue weighted by Crippen LogP contribution is 2.71. The first-order chi connectivity index (χ1) is 22.0. The molecular formula is C40H49NO6. The maximum absolute atomic E-state index is 14.9. The van der Waals surface area contributed by atoms with E-state index in [9.17, 15) is 19.8 Å². The Morgan fingerprint density at radius 2 is 1.79 bits per heavy atom. The molecule has 2 aliphatic heterocycles. The predicted octanol–water partition coefficient (Wildman–Crippen LogP) is 7.92. The molecule has 250 valence electrons. The smallest absolute Gasteiger partial charge is 0.244 e. The molecule has 1 saturated heterocycles. The van der Waals surface area contributed by atoms with Gasteiger partial charge in [-0.15, -0.1) is 0 Å². The minimum atomic E-state index is -1.30. The van der Waals surface area contributed by atoms with Gasteiger partial charge in [0.25, 0.3) is 0 Å². The molecule has 47 heavy (non-hydrogen) atoms. The van der Waals surface area contributed by atoms with Gasteiger partial charge in [-0.05, 0) is 91.5 Å². The molecule has 1 spiro atoms. The maximum atomic E-state index is 14.9. The van der Waals surface area contributed by atoms with Crippen LogP contribution < -0.4 is 10.5 Å². The first-order valence-corrected chi connectivity index (χ1v) is 16.9. The molecule has 2 fully saturated rings. The minimum absolute atomic E-state index is 0.0512. The van der Waals surface area contributed by atoms with E-state index in [1.165, 1.54) is 5.57 Å². The van der Waals surface area contributed by atoms with Crippen LogP contribution in [0.15, 0.2) is 64.5 Å². The number of aliphatic hydroxyl groups is 1. The highest BCUT2D eigenvalue weighted by molar-refractivity contribution is 6.16. The molecule has 1 aromatic carbocycles. The molecule has 7 rings (SSSR count). The summed E-state index contributed by atoms with van der Waals surface area (Å²) in [4.78, 5) is 27.0. The number of ether oxygens (including phenoxy) is 2. The van der Waals surface area contributed by atoms with Crippen molar-refractivity contribution in [2.75, 3.05) is 0 Å². The Labute approximate surface area is 278 Å². The number of benzene rings is 1. The van der Waals surface area contributed by atoms with Crippen molar-refractivity contribution in [1.82, 2.24) is 0 Å². The number of allylic oxidation sites excluding steroid dienone is 6. The average molecular weight is 640 g/mol. The second-order valence-electron chi connectivity index (χ2n) is 15.6. The summed E-state index contributed by atoms with van der Waals surface area (Å²) < 4.78 is 14.4. The van der Waals surface area contributed by atoms with Crippen molar-refractivity contribution in [2.45, 2.75) is 111 Å². The van der Waals surface area contributed by atoms with E-state index in [1.807, 2.05) is 39.8 Å². The number of amides is 1. The molecular weight excluding hydrogens is 590 g/mol. The summed E-state index contributed by atoms with van der Waals surface area (Å²) in [6.07, 6.45) is 17.2. The molecule has 0 radical (unpaired) electrons. The summed E-state index contributed by atoms with van der Waals surface area (Å²) in [6.45, 7) is 16.2. The second kappa shape index (κ2) is 11.1. The van der Waals surface area contributed by atoms with Gasteiger partial charge < -0.3 is 25.4 Å². The van der Waals surface area contributed by atoms with Gasteiger partial charge in [-0.2, -0.15) is 0 Å². The van der Waals surface area contributed by atoms with E-state index in [-0.39, 0.29) is 40.8 Å². The van der Waals surface area contributed by atoms with Crippen molar-refractivity contribution >= 4 is 17.8 Å². The van der Waals surface area contributed by atoms with Crippen LogP contribution in [0.25, 0.3) is 6.08 Å². The molecule has 5 unspecified atom stereocenters. The number of fused-ring (bicyclic) bond motifs is 2. The number of aliphatic hydroxyl groups excluding tert-OH is 1. The number of rotatable bonds is 8. The monoisotopic (exact) mass is 639 g/mol. The topological polar surface area (TPSA) is 119 Å². The van der Waals surface area contributed by atoms with Gasteiger partial charge in [-0.3, -0.25) is 9.59 Å². The molecule has 4 N–H and O–H groups in total. The van der Waals surface area contributed by atoms with Crippen molar-refractivity contribution in [3.63, 3.8) is 0 Å². The highest BCUT2D eigenvalue weighted by atomic mass is 16.6. The number of hydrogen-bond donors (Lipinski definition) is 3. The number of nitrogens with two attached hydrogens (primary N) is 1. The van der Waals surface area contributed by atoms with E-state index in [2.05, 4.69) is 39.0 Å². The normalized spacial score (nSPS) is 31.8. The Kier molecular flexibility index (Phi) is 7.82. The number of primary amides is 1. The number of phenols is 1. The third kappa shape index (κ3) is 4.79. The van der Waals surface area contributed by atoms with Crippen LogP contribution in [0.4, 0.5) is 0 Å². The van der Waals surface area contributed by atoms with Crippen LogP contribution in [0.5, 0.6) is 11.5 Å². The number of carbonyl (C=O) groups is 2.